The Bertz CT molecular complexity index is 640. The summed E-state index contributed by atoms with van der Waals surface area (Å²) in [4.78, 5) is 24.2. The van der Waals surface area contributed by atoms with E-state index in [0.29, 0.717) is 24.2 Å². The molecule has 3 nitrogen and oxygen atoms in total. The van der Waals surface area contributed by atoms with Crippen LogP contribution in [0.4, 0.5) is 0 Å². The average molecular weight is 284 g/mol. The van der Waals surface area contributed by atoms with E-state index in [0.717, 1.165) is 29.5 Å². The van der Waals surface area contributed by atoms with Gasteiger partial charge in [0.25, 0.3) is 0 Å². The number of allylic oxidation sites excluding steroid dienone is 2. The Balaban J connectivity index is 2.03. The molecule has 110 valence electrons. The zero-order valence-corrected chi connectivity index (χ0v) is 12.8. The monoisotopic (exact) mass is 284 g/mol. The van der Waals surface area contributed by atoms with E-state index in [9.17, 15) is 9.59 Å². The molecular formula is C18H20O3. The number of aryl methyl sites for hydroxylation is 3. The zero-order chi connectivity index (χ0) is 15.1. The number of carbonyl (C=O) groups is 2. The van der Waals surface area contributed by atoms with E-state index in [-0.39, 0.29) is 17.7 Å². The smallest absolute Gasteiger partial charge is 0.314 e. The van der Waals surface area contributed by atoms with Gasteiger partial charge in [-0.25, -0.2) is 0 Å². The fourth-order valence-electron chi connectivity index (χ4n) is 3.11. The van der Waals surface area contributed by atoms with E-state index in [2.05, 4.69) is 12.1 Å². The second-order valence-corrected chi connectivity index (χ2v) is 6.19. The van der Waals surface area contributed by atoms with Gasteiger partial charge in [-0.05, 0) is 50.3 Å². The van der Waals surface area contributed by atoms with Crippen LogP contribution in [0.15, 0.2) is 17.9 Å². The lowest BCUT2D eigenvalue weighted by atomic mass is 9.92. The van der Waals surface area contributed by atoms with Crippen molar-refractivity contribution in [2.45, 2.75) is 46.5 Å². The zero-order valence-electron chi connectivity index (χ0n) is 12.8. The van der Waals surface area contributed by atoms with Gasteiger partial charge in [-0.1, -0.05) is 17.7 Å². The number of hydrogen-bond acceptors (Lipinski definition) is 3. The molecule has 0 unspecified atom stereocenters. The Labute approximate surface area is 125 Å². The van der Waals surface area contributed by atoms with Crippen LogP contribution < -0.4 is 0 Å². The van der Waals surface area contributed by atoms with Crippen LogP contribution in [0.1, 0.15) is 47.9 Å². The van der Waals surface area contributed by atoms with Crippen molar-refractivity contribution in [2.75, 3.05) is 0 Å². The van der Waals surface area contributed by atoms with Crippen molar-refractivity contribution in [2.24, 2.45) is 5.92 Å². The largest absolute Gasteiger partial charge is 0.430 e. The van der Waals surface area contributed by atoms with Crippen LogP contribution in [0.2, 0.25) is 0 Å². The summed E-state index contributed by atoms with van der Waals surface area (Å²) in [6, 6.07) is 4.14. The maximum absolute atomic E-state index is 12.3. The van der Waals surface area contributed by atoms with Gasteiger partial charge in [0, 0.05) is 12.8 Å². The Morgan fingerprint density at radius 2 is 1.71 bits per heavy atom. The second kappa shape index (κ2) is 5.14. The van der Waals surface area contributed by atoms with E-state index in [1.807, 2.05) is 20.8 Å². The van der Waals surface area contributed by atoms with E-state index in [4.69, 9.17) is 4.74 Å². The molecule has 0 aromatic heterocycles. The van der Waals surface area contributed by atoms with Gasteiger partial charge in [-0.3, -0.25) is 9.59 Å². The molecule has 0 N–H and O–H groups in total. The summed E-state index contributed by atoms with van der Waals surface area (Å²) in [5.41, 5.74) is 4.88. The fraction of sp³-hybridized carbons (Fsp3) is 0.444. The Kier molecular flexibility index (Phi) is 3.44. The van der Waals surface area contributed by atoms with Crippen molar-refractivity contribution in [3.63, 3.8) is 0 Å². The third-order valence-electron chi connectivity index (χ3n) is 4.20. The van der Waals surface area contributed by atoms with Crippen LogP contribution in [-0.2, 0) is 14.3 Å². The first-order valence-electron chi connectivity index (χ1n) is 7.53. The number of hydrogen-bond donors (Lipinski definition) is 0. The SMILES string of the molecule is Cc1cc(C)c(C2=C(OC(=O)C3CC3)CCC2=O)c(C)c1. The molecule has 21 heavy (non-hydrogen) atoms. The van der Waals surface area contributed by atoms with Gasteiger partial charge >= 0.3 is 5.97 Å². The number of esters is 1. The first kappa shape index (κ1) is 14.1. The van der Waals surface area contributed by atoms with Crippen LogP contribution in [0.3, 0.4) is 0 Å². The minimum absolute atomic E-state index is 0.0506. The van der Waals surface area contributed by atoms with Gasteiger partial charge in [0.1, 0.15) is 5.76 Å². The molecule has 0 atom stereocenters. The molecule has 2 aliphatic carbocycles. The molecular weight excluding hydrogens is 264 g/mol. The molecule has 0 aliphatic heterocycles. The lowest BCUT2D eigenvalue weighted by molar-refractivity contribution is -0.141. The van der Waals surface area contributed by atoms with Gasteiger partial charge < -0.3 is 4.74 Å². The summed E-state index contributed by atoms with van der Waals surface area (Å²) in [5.74, 6) is 0.546. The molecule has 1 aromatic carbocycles. The molecule has 1 aromatic rings. The number of ether oxygens (including phenoxy) is 1. The summed E-state index contributed by atoms with van der Waals surface area (Å²) < 4.78 is 5.53. The average Bonchev–Trinajstić information content (AvgIpc) is 3.18. The minimum Gasteiger partial charge on any atom is -0.430 e. The molecule has 0 spiro atoms. The van der Waals surface area contributed by atoms with E-state index in [1.54, 1.807) is 0 Å². The molecule has 0 bridgehead atoms. The fourth-order valence-corrected chi connectivity index (χ4v) is 3.11. The molecule has 0 amide bonds. The highest BCUT2D eigenvalue weighted by Gasteiger charge is 2.35. The van der Waals surface area contributed by atoms with Gasteiger partial charge in [-0.15, -0.1) is 0 Å². The minimum atomic E-state index is -0.167. The van der Waals surface area contributed by atoms with Crippen LogP contribution in [0, 0.1) is 26.7 Å². The Morgan fingerprint density at radius 3 is 2.29 bits per heavy atom. The highest BCUT2D eigenvalue weighted by Crippen LogP contribution is 2.38. The first-order chi connectivity index (χ1) is 9.97. The number of carbonyl (C=O) groups excluding carboxylic acids is 2. The molecule has 3 rings (SSSR count). The summed E-state index contributed by atoms with van der Waals surface area (Å²) in [5, 5.41) is 0. The number of ketones is 1. The lowest BCUT2D eigenvalue weighted by Crippen LogP contribution is -2.08. The third kappa shape index (κ3) is 2.65. The normalized spacial score (nSPS) is 18.3. The van der Waals surface area contributed by atoms with E-state index < -0.39 is 0 Å². The maximum Gasteiger partial charge on any atom is 0.314 e. The van der Waals surface area contributed by atoms with Crippen LogP contribution in [0.25, 0.3) is 5.57 Å². The lowest BCUT2D eigenvalue weighted by Gasteiger charge is -2.14. The molecule has 1 fully saturated rings. The van der Waals surface area contributed by atoms with Gasteiger partial charge in [-0.2, -0.15) is 0 Å². The maximum atomic E-state index is 12.3. The molecule has 1 saturated carbocycles. The first-order valence-corrected chi connectivity index (χ1v) is 7.53. The Hall–Kier alpha value is -1.90. The molecule has 0 radical (unpaired) electrons. The van der Waals surface area contributed by atoms with Crippen molar-refractivity contribution >= 4 is 17.3 Å². The van der Waals surface area contributed by atoms with Crippen LogP contribution in [0.5, 0.6) is 0 Å². The number of rotatable bonds is 3. The predicted molar refractivity (Wildman–Crippen MR) is 80.6 cm³/mol. The quantitative estimate of drug-likeness (QED) is 0.796. The van der Waals surface area contributed by atoms with Crippen molar-refractivity contribution in [3.8, 4) is 0 Å². The van der Waals surface area contributed by atoms with Crippen molar-refractivity contribution < 1.29 is 14.3 Å². The summed E-state index contributed by atoms with van der Waals surface area (Å²) in [6.07, 6.45) is 2.81. The van der Waals surface area contributed by atoms with E-state index >= 15 is 0 Å². The van der Waals surface area contributed by atoms with Crippen molar-refractivity contribution in [1.82, 2.24) is 0 Å². The summed E-state index contributed by atoms with van der Waals surface area (Å²) in [7, 11) is 0. The van der Waals surface area contributed by atoms with Gasteiger partial charge in [0.05, 0.1) is 11.5 Å². The van der Waals surface area contributed by atoms with E-state index in [1.165, 1.54) is 5.56 Å². The summed E-state index contributed by atoms with van der Waals surface area (Å²) >= 11 is 0. The number of benzene rings is 1. The molecule has 3 heteroatoms. The standard InChI is InChI=1S/C18H20O3/c1-10-8-11(2)16(12(3)9-10)17-14(19)6-7-15(17)21-18(20)13-4-5-13/h8-9,13H,4-7H2,1-3H3. The predicted octanol–water partition coefficient (Wildman–Crippen LogP) is 3.64. The van der Waals surface area contributed by atoms with Crippen LogP contribution in [-0.4, -0.2) is 11.8 Å². The molecule has 0 saturated heterocycles. The summed E-state index contributed by atoms with van der Waals surface area (Å²) in [6.45, 7) is 6.06. The molecule has 2 aliphatic rings. The highest BCUT2D eigenvalue weighted by molar-refractivity contribution is 6.24. The van der Waals surface area contributed by atoms with Gasteiger partial charge in [0.2, 0.25) is 0 Å². The Morgan fingerprint density at radius 1 is 1.10 bits per heavy atom. The van der Waals surface area contributed by atoms with Crippen molar-refractivity contribution in [3.05, 3.63) is 40.1 Å². The number of Topliss-reactive ketones (excluding diaryl/α,β-unsaturated/α-hetero) is 1. The third-order valence-corrected chi connectivity index (χ3v) is 4.20. The van der Waals surface area contributed by atoms with Crippen molar-refractivity contribution in [1.29, 1.82) is 0 Å². The highest BCUT2D eigenvalue weighted by atomic mass is 16.5. The topological polar surface area (TPSA) is 43.4 Å². The van der Waals surface area contributed by atoms with Crippen LogP contribution >= 0.6 is 0 Å². The molecule has 0 heterocycles. The van der Waals surface area contributed by atoms with Gasteiger partial charge in [0.15, 0.2) is 5.78 Å². The second-order valence-electron chi connectivity index (χ2n) is 6.19.